The lowest BCUT2D eigenvalue weighted by atomic mass is 10.1. The predicted molar refractivity (Wildman–Crippen MR) is 86.3 cm³/mol. The third-order valence-electron chi connectivity index (χ3n) is 4.55. The molecule has 0 aromatic carbocycles. The Morgan fingerprint density at radius 3 is 3.04 bits per heavy atom. The molecule has 3 aromatic heterocycles. The maximum Gasteiger partial charge on any atom is 0.274 e. The zero-order valence-corrected chi connectivity index (χ0v) is 13.1. The highest BCUT2D eigenvalue weighted by atomic mass is 16.2. The molecular formula is C17H19N5O. The van der Waals surface area contributed by atoms with Crippen LogP contribution in [0, 0.1) is 6.92 Å². The summed E-state index contributed by atoms with van der Waals surface area (Å²) in [6, 6.07) is 6.20. The van der Waals surface area contributed by atoms with Crippen LogP contribution in [0.4, 0.5) is 0 Å². The van der Waals surface area contributed by atoms with Crippen molar-refractivity contribution in [2.24, 2.45) is 0 Å². The van der Waals surface area contributed by atoms with Crippen molar-refractivity contribution in [1.82, 2.24) is 23.8 Å². The third-order valence-corrected chi connectivity index (χ3v) is 4.55. The van der Waals surface area contributed by atoms with Gasteiger partial charge in [0.2, 0.25) is 0 Å². The number of rotatable bonds is 2. The topological polar surface area (TPSA) is 55.4 Å². The van der Waals surface area contributed by atoms with Crippen LogP contribution in [0.25, 0.3) is 5.65 Å². The van der Waals surface area contributed by atoms with Gasteiger partial charge in [0.15, 0.2) is 0 Å². The Morgan fingerprint density at radius 1 is 1.35 bits per heavy atom. The minimum absolute atomic E-state index is 0.0120. The number of aryl methyl sites for hydroxylation is 1. The summed E-state index contributed by atoms with van der Waals surface area (Å²) in [6.07, 6.45) is 9.49. The average Bonchev–Trinajstić information content (AvgIpc) is 3.24. The van der Waals surface area contributed by atoms with E-state index in [1.54, 1.807) is 6.20 Å². The number of aromatic nitrogens is 4. The number of pyridine rings is 1. The number of hydrogen-bond donors (Lipinski definition) is 0. The highest BCUT2D eigenvalue weighted by molar-refractivity contribution is 5.93. The Morgan fingerprint density at radius 2 is 2.26 bits per heavy atom. The van der Waals surface area contributed by atoms with Crippen LogP contribution >= 0.6 is 0 Å². The molecule has 1 aliphatic heterocycles. The molecule has 4 heterocycles. The van der Waals surface area contributed by atoms with Crippen molar-refractivity contribution in [2.45, 2.75) is 25.8 Å². The average molecular weight is 309 g/mol. The van der Waals surface area contributed by atoms with E-state index in [2.05, 4.69) is 14.5 Å². The third kappa shape index (κ3) is 2.50. The van der Waals surface area contributed by atoms with E-state index in [0.717, 1.165) is 30.7 Å². The van der Waals surface area contributed by atoms with Gasteiger partial charge >= 0.3 is 0 Å². The van der Waals surface area contributed by atoms with Gasteiger partial charge in [0.1, 0.15) is 11.3 Å². The first-order valence-electron chi connectivity index (χ1n) is 7.94. The van der Waals surface area contributed by atoms with Crippen molar-refractivity contribution in [2.75, 3.05) is 13.1 Å². The van der Waals surface area contributed by atoms with Crippen LogP contribution in [0.1, 0.15) is 35.1 Å². The number of carbonyl (C=O) groups is 1. The quantitative estimate of drug-likeness (QED) is 0.730. The number of hydrogen-bond acceptors (Lipinski definition) is 3. The molecule has 6 heteroatoms. The van der Waals surface area contributed by atoms with Crippen LogP contribution in [-0.2, 0) is 0 Å². The van der Waals surface area contributed by atoms with E-state index in [4.69, 9.17) is 0 Å². The number of imidazole rings is 2. The highest BCUT2D eigenvalue weighted by Gasteiger charge is 2.26. The molecule has 118 valence electrons. The monoisotopic (exact) mass is 309 g/mol. The molecule has 6 nitrogen and oxygen atoms in total. The van der Waals surface area contributed by atoms with Gasteiger partial charge in [-0.3, -0.25) is 4.79 Å². The maximum atomic E-state index is 12.8. The molecule has 4 rings (SSSR count). The molecule has 1 amide bonds. The molecule has 0 radical (unpaired) electrons. The zero-order valence-electron chi connectivity index (χ0n) is 13.1. The van der Waals surface area contributed by atoms with Crippen molar-refractivity contribution in [3.63, 3.8) is 0 Å². The van der Waals surface area contributed by atoms with Gasteiger partial charge in [-0.05, 0) is 31.9 Å². The molecule has 1 saturated heterocycles. The summed E-state index contributed by atoms with van der Waals surface area (Å²) in [5.74, 6) is 0.0120. The summed E-state index contributed by atoms with van der Waals surface area (Å²) < 4.78 is 4.05. The molecule has 1 aliphatic rings. The van der Waals surface area contributed by atoms with E-state index < -0.39 is 0 Å². The largest absolute Gasteiger partial charge is 0.335 e. The molecule has 0 bridgehead atoms. The van der Waals surface area contributed by atoms with Crippen LogP contribution in [0.15, 0.2) is 43.1 Å². The van der Waals surface area contributed by atoms with Crippen LogP contribution in [0.2, 0.25) is 0 Å². The molecule has 3 aromatic rings. The van der Waals surface area contributed by atoms with E-state index in [0.29, 0.717) is 18.3 Å². The molecule has 1 fully saturated rings. The van der Waals surface area contributed by atoms with Gasteiger partial charge in [-0.25, -0.2) is 9.97 Å². The minimum Gasteiger partial charge on any atom is -0.335 e. The predicted octanol–water partition coefficient (Wildman–Crippen LogP) is 2.32. The number of carbonyl (C=O) groups excluding carboxylic acids is 1. The zero-order chi connectivity index (χ0) is 15.8. The summed E-state index contributed by atoms with van der Waals surface area (Å²) in [7, 11) is 0. The van der Waals surface area contributed by atoms with Gasteiger partial charge in [0.25, 0.3) is 5.91 Å². The molecule has 1 unspecified atom stereocenters. The highest BCUT2D eigenvalue weighted by Crippen LogP contribution is 2.22. The van der Waals surface area contributed by atoms with Crippen LogP contribution in [-0.4, -0.2) is 42.8 Å². The number of fused-ring (bicyclic) bond motifs is 1. The van der Waals surface area contributed by atoms with Gasteiger partial charge < -0.3 is 13.9 Å². The summed E-state index contributed by atoms with van der Waals surface area (Å²) in [6.45, 7) is 3.51. The number of amides is 1. The summed E-state index contributed by atoms with van der Waals surface area (Å²) in [4.78, 5) is 23.3. The fourth-order valence-electron chi connectivity index (χ4n) is 3.28. The minimum atomic E-state index is 0.0120. The summed E-state index contributed by atoms with van der Waals surface area (Å²) in [5.41, 5.74) is 2.41. The second-order valence-corrected chi connectivity index (χ2v) is 6.08. The van der Waals surface area contributed by atoms with Gasteiger partial charge in [0, 0.05) is 37.4 Å². The van der Waals surface area contributed by atoms with Crippen molar-refractivity contribution in [3.8, 4) is 0 Å². The first-order valence-corrected chi connectivity index (χ1v) is 7.94. The van der Waals surface area contributed by atoms with Gasteiger partial charge in [-0.2, -0.15) is 0 Å². The second kappa shape index (κ2) is 5.53. The summed E-state index contributed by atoms with van der Waals surface area (Å²) >= 11 is 0. The lowest BCUT2D eigenvalue weighted by Crippen LogP contribution is -2.40. The SMILES string of the molecule is Cc1cccc2nc(C(=O)N3CCCC(n4ccnc4)C3)cn12. The summed E-state index contributed by atoms with van der Waals surface area (Å²) in [5, 5.41) is 0. The molecule has 1 atom stereocenters. The molecule has 23 heavy (non-hydrogen) atoms. The smallest absolute Gasteiger partial charge is 0.274 e. The number of piperidine rings is 1. The van der Waals surface area contributed by atoms with E-state index in [-0.39, 0.29) is 5.91 Å². The Balaban J connectivity index is 1.58. The number of likely N-dealkylation sites (tertiary alicyclic amines) is 1. The van der Waals surface area contributed by atoms with E-state index in [9.17, 15) is 4.79 Å². The molecule has 0 spiro atoms. The molecule has 0 N–H and O–H groups in total. The Bertz CT molecular complexity index is 836. The molecule has 0 aliphatic carbocycles. The van der Waals surface area contributed by atoms with E-state index in [1.165, 1.54) is 0 Å². The first-order chi connectivity index (χ1) is 11.2. The normalized spacial score (nSPS) is 18.5. The fraction of sp³-hybridized carbons (Fsp3) is 0.353. The Kier molecular flexibility index (Phi) is 3.37. The van der Waals surface area contributed by atoms with Gasteiger partial charge in [0.05, 0.1) is 12.4 Å². The van der Waals surface area contributed by atoms with Crippen LogP contribution in [0.3, 0.4) is 0 Å². The molecular weight excluding hydrogens is 290 g/mol. The fourth-order valence-corrected chi connectivity index (χ4v) is 3.28. The van der Waals surface area contributed by atoms with Crippen molar-refractivity contribution in [1.29, 1.82) is 0 Å². The second-order valence-electron chi connectivity index (χ2n) is 6.08. The Labute approximate surface area is 134 Å². The maximum absolute atomic E-state index is 12.8. The lowest BCUT2D eigenvalue weighted by molar-refractivity contribution is 0.0674. The van der Waals surface area contributed by atoms with E-state index >= 15 is 0 Å². The first kappa shape index (κ1) is 14.0. The van der Waals surface area contributed by atoms with Crippen molar-refractivity contribution < 1.29 is 4.79 Å². The van der Waals surface area contributed by atoms with Crippen molar-refractivity contribution in [3.05, 3.63) is 54.5 Å². The van der Waals surface area contributed by atoms with Crippen molar-refractivity contribution >= 4 is 11.6 Å². The van der Waals surface area contributed by atoms with Crippen LogP contribution in [0.5, 0.6) is 0 Å². The van der Waals surface area contributed by atoms with E-state index in [1.807, 2.05) is 53.1 Å². The Hall–Kier alpha value is -2.63. The van der Waals surface area contributed by atoms with Gasteiger partial charge in [-0.15, -0.1) is 0 Å². The van der Waals surface area contributed by atoms with Crippen LogP contribution < -0.4 is 0 Å². The lowest BCUT2D eigenvalue weighted by Gasteiger charge is -2.32. The molecule has 0 saturated carbocycles. The van der Waals surface area contributed by atoms with Gasteiger partial charge in [-0.1, -0.05) is 6.07 Å². The number of nitrogens with zero attached hydrogens (tertiary/aromatic N) is 5. The standard InChI is InChI=1S/C17H19N5O/c1-13-4-2-6-16-19-15(11-22(13)16)17(23)20-8-3-5-14(10-20)21-9-7-18-12-21/h2,4,6-7,9,11-12,14H,3,5,8,10H2,1H3.